The molecular formula is C20H34O5. The molecule has 3 atom stereocenters. The smallest absolute Gasteiger partial charge is 0.303 e. The monoisotopic (exact) mass is 354 g/mol. The minimum absolute atomic E-state index is 0.372. The SMILES string of the molecule is CCCCCCCCCCCCC(OC(C)=O)[C@]1(O)C(=O)C=C[C@@H]1O. The molecule has 1 aliphatic rings. The Kier molecular flexibility index (Phi) is 9.98. The normalized spacial score (nSPS) is 23.8. The predicted molar refractivity (Wildman–Crippen MR) is 97.1 cm³/mol. The summed E-state index contributed by atoms with van der Waals surface area (Å²) in [6, 6.07) is 0. The number of carbonyl (C=O) groups excluding carboxylic acids is 2. The minimum Gasteiger partial charge on any atom is -0.459 e. The molecule has 1 unspecified atom stereocenters. The summed E-state index contributed by atoms with van der Waals surface area (Å²) in [6.45, 7) is 3.46. The van der Waals surface area contributed by atoms with Crippen molar-refractivity contribution >= 4 is 11.8 Å². The summed E-state index contributed by atoms with van der Waals surface area (Å²) in [4.78, 5) is 23.2. The highest BCUT2D eigenvalue weighted by atomic mass is 16.6. The van der Waals surface area contributed by atoms with Gasteiger partial charge in [0.1, 0.15) is 12.2 Å². The number of aliphatic hydroxyl groups is 2. The number of rotatable bonds is 13. The maximum absolute atomic E-state index is 11.9. The Morgan fingerprint density at radius 1 is 1.12 bits per heavy atom. The van der Waals surface area contributed by atoms with Crippen LogP contribution >= 0.6 is 0 Å². The molecule has 0 saturated carbocycles. The molecule has 2 N–H and O–H groups in total. The van der Waals surface area contributed by atoms with E-state index >= 15 is 0 Å². The Hall–Kier alpha value is -1.20. The number of carbonyl (C=O) groups is 2. The number of aliphatic hydroxyl groups excluding tert-OH is 1. The van der Waals surface area contributed by atoms with E-state index in [2.05, 4.69) is 6.92 Å². The zero-order valence-corrected chi connectivity index (χ0v) is 15.7. The van der Waals surface area contributed by atoms with Crippen LogP contribution in [-0.4, -0.2) is 39.8 Å². The van der Waals surface area contributed by atoms with Crippen molar-refractivity contribution < 1.29 is 24.5 Å². The van der Waals surface area contributed by atoms with Crippen LogP contribution in [-0.2, 0) is 14.3 Å². The van der Waals surface area contributed by atoms with Crippen LogP contribution in [0.4, 0.5) is 0 Å². The second kappa shape index (κ2) is 11.4. The molecule has 0 aromatic carbocycles. The van der Waals surface area contributed by atoms with E-state index in [4.69, 9.17) is 4.74 Å². The van der Waals surface area contributed by atoms with E-state index in [-0.39, 0.29) is 0 Å². The van der Waals surface area contributed by atoms with Crippen LogP contribution < -0.4 is 0 Å². The molecular weight excluding hydrogens is 320 g/mol. The first-order valence-electron chi connectivity index (χ1n) is 9.73. The van der Waals surface area contributed by atoms with E-state index in [1.54, 1.807) is 0 Å². The van der Waals surface area contributed by atoms with E-state index in [0.717, 1.165) is 25.3 Å². The standard InChI is InChI=1S/C20H34O5/c1-3-4-5-6-7-8-9-10-11-12-13-19(25-16(2)21)20(24)17(22)14-15-18(20)23/h14-15,17,19,22,24H,3-13H2,1-2H3/t17-,19?,20+/m0/s1. The van der Waals surface area contributed by atoms with Crippen LogP contribution in [0.5, 0.6) is 0 Å². The van der Waals surface area contributed by atoms with Crippen LogP contribution in [0, 0.1) is 0 Å². The summed E-state index contributed by atoms with van der Waals surface area (Å²) in [7, 11) is 0. The molecule has 5 nitrogen and oxygen atoms in total. The average Bonchev–Trinajstić information content (AvgIpc) is 2.83. The molecule has 0 heterocycles. The van der Waals surface area contributed by atoms with E-state index in [9.17, 15) is 19.8 Å². The van der Waals surface area contributed by atoms with Gasteiger partial charge in [0.2, 0.25) is 0 Å². The number of hydrogen-bond acceptors (Lipinski definition) is 5. The van der Waals surface area contributed by atoms with Gasteiger partial charge in [-0.2, -0.15) is 0 Å². The van der Waals surface area contributed by atoms with E-state index in [1.807, 2.05) is 0 Å². The van der Waals surface area contributed by atoms with Crippen molar-refractivity contribution in [3.05, 3.63) is 12.2 Å². The van der Waals surface area contributed by atoms with Crippen molar-refractivity contribution in [2.75, 3.05) is 0 Å². The quantitative estimate of drug-likeness (QED) is 0.391. The summed E-state index contributed by atoms with van der Waals surface area (Å²) < 4.78 is 5.15. The lowest BCUT2D eigenvalue weighted by molar-refractivity contribution is -0.178. The third-order valence-corrected chi connectivity index (χ3v) is 4.89. The molecule has 1 rings (SSSR count). The second-order valence-corrected chi connectivity index (χ2v) is 7.06. The Balaban J connectivity index is 2.29. The Morgan fingerprint density at radius 3 is 2.08 bits per heavy atom. The van der Waals surface area contributed by atoms with Gasteiger partial charge >= 0.3 is 5.97 Å². The molecule has 0 saturated heterocycles. The molecule has 0 bridgehead atoms. The zero-order valence-electron chi connectivity index (χ0n) is 15.7. The Morgan fingerprint density at radius 2 is 1.64 bits per heavy atom. The van der Waals surface area contributed by atoms with Crippen molar-refractivity contribution in [1.82, 2.24) is 0 Å². The fourth-order valence-corrected chi connectivity index (χ4v) is 3.34. The first-order valence-corrected chi connectivity index (χ1v) is 9.73. The van der Waals surface area contributed by atoms with Gasteiger partial charge in [0.15, 0.2) is 11.4 Å². The van der Waals surface area contributed by atoms with Crippen molar-refractivity contribution in [1.29, 1.82) is 0 Å². The van der Waals surface area contributed by atoms with Crippen LogP contribution in [0.1, 0.15) is 84.5 Å². The second-order valence-electron chi connectivity index (χ2n) is 7.06. The van der Waals surface area contributed by atoms with Gasteiger partial charge in [-0.1, -0.05) is 64.7 Å². The average molecular weight is 354 g/mol. The molecule has 0 amide bonds. The van der Waals surface area contributed by atoms with E-state index < -0.39 is 29.6 Å². The van der Waals surface area contributed by atoms with Gasteiger partial charge < -0.3 is 14.9 Å². The summed E-state index contributed by atoms with van der Waals surface area (Å²) in [5.41, 5.74) is -2.04. The highest BCUT2D eigenvalue weighted by Crippen LogP contribution is 2.30. The highest BCUT2D eigenvalue weighted by molar-refractivity contribution is 6.01. The summed E-state index contributed by atoms with van der Waals surface area (Å²) in [6.07, 6.45) is 12.2. The van der Waals surface area contributed by atoms with Crippen molar-refractivity contribution in [3.8, 4) is 0 Å². The van der Waals surface area contributed by atoms with E-state index in [0.29, 0.717) is 6.42 Å². The number of ketones is 1. The lowest BCUT2D eigenvalue weighted by Crippen LogP contribution is -2.55. The van der Waals surface area contributed by atoms with Gasteiger partial charge in [0, 0.05) is 6.92 Å². The number of ether oxygens (including phenoxy) is 1. The zero-order chi connectivity index (χ0) is 18.7. The molecule has 1 aliphatic carbocycles. The number of unbranched alkanes of at least 4 members (excludes halogenated alkanes) is 9. The predicted octanol–water partition coefficient (Wildman–Crippen LogP) is 3.46. The van der Waals surface area contributed by atoms with Gasteiger partial charge in [0.25, 0.3) is 0 Å². The minimum atomic E-state index is -2.04. The Bertz CT molecular complexity index is 445. The van der Waals surface area contributed by atoms with Crippen molar-refractivity contribution in [3.63, 3.8) is 0 Å². The molecule has 0 fully saturated rings. The number of esters is 1. The maximum atomic E-state index is 11.9. The fourth-order valence-electron chi connectivity index (χ4n) is 3.34. The van der Waals surface area contributed by atoms with Crippen LogP contribution in [0.25, 0.3) is 0 Å². The van der Waals surface area contributed by atoms with Crippen LogP contribution in [0.15, 0.2) is 12.2 Å². The Labute approximate surface area is 151 Å². The molecule has 144 valence electrons. The molecule has 0 spiro atoms. The van der Waals surface area contributed by atoms with Gasteiger partial charge in [-0.25, -0.2) is 0 Å². The topological polar surface area (TPSA) is 83.8 Å². The molecule has 0 aromatic rings. The largest absolute Gasteiger partial charge is 0.459 e. The fraction of sp³-hybridized carbons (Fsp3) is 0.800. The lowest BCUT2D eigenvalue weighted by atomic mass is 9.87. The molecule has 0 aliphatic heterocycles. The first-order chi connectivity index (χ1) is 11.9. The van der Waals surface area contributed by atoms with Crippen LogP contribution in [0.3, 0.4) is 0 Å². The maximum Gasteiger partial charge on any atom is 0.303 e. The third kappa shape index (κ3) is 6.90. The number of hydrogen-bond donors (Lipinski definition) is 2. The highest BCUT2D eigenvalue weighted by Gasteiger charge is 2.52. The summed E-state index contributed by atoms with van der Waals surface area (Å²) in [5.74, 6) is -1.16. The molecule has 25 heavy (non-hydrogen) atoms. The van der Waals surface area contributed by atoms with Gasteiger partial charge in [-0.05, 0) is 25.0 Å². The van der Waals surface area contributed by atoms with Gasteiger partial charge in [0.05, 0.1) is 0 Å². The summed E-state index contributed by atoms with van der Waals surface area (Å²) >= 11 is 0. The molecule has 0 aromatic heterocycles. The van der Waals surface area contributed by atoms with Crippen molar-refractivity contribution in [2.45, 2.75) is 102 Å². The summed E-state index contributed by atoms with van der Waals surface area (Å²) in [5, 5.41) is 20.5. The van der Waals surface area contributed by atoms with Crippen molar-refractivity contribution in [2.24, 2.45) is 0 Å². The van der Waals surface area contributed by atoms with Gasteiger partial charge in [-0.3, -0.25) is 9.59 Å². The van der Waals surface area contributed by atoms with E-state index in [1.165, 1.54) is 57.9 Å². The molecule has 5 heteroatoms. The van der Waals surface area contributed by atoms with Gasteiger partial charge in [-0.15, -0.1) is 0 Å². The molecule has 0 radical (unpaired) electrons. The first kappa shape index (κ1) is 21.8. The third-order valence-electron chi connectivity index (χ3n) is 4.89. The lowest BCUT2D eigenvalue weighted by Gasteiger charge is -2.33. The van der Waals surface area contributed by atoms with Crippen LogP contribution in [0.2, 0.25) is 0 Å².